The Morgan fingerprint density at radius 2 is 1.91 bits per heavy atom. The molecule has 1 aliphatic carbocycles. The monoisotopic (exact) mass is 153 g/mol. The molecule has 0 aliphatic heterocycles. The summed E-state index contributed by atoms with van der Waals surface area (Å²) in [5.41, 5.74) is 0. The maximum Gasteiger partial charge on any atom is -0.0241 e. The van der Waals surface area contributed by atoms with Gasteiger partial charge in [0.25, 0.3) is 0 Å². The van der Waals surface area contributed by atoms with E-state index in [0.29, 0.717) is 0 Å². The molecule has 65 valence electrons. The normalized spacial score (nSPS) is 18.8. The molecule has 0 amide bonds. The molecule has 0 heterocycles. The van der Waals surface area contributed by atoms with Crippen LogP contribution in [-0.4, -0.2) is 0 Å². The van der Waals surface area contributed by atoms with Crippen molar-refractivity contribution < 1.29 is 0 Å². The molecule has 0 bridgehead atoms. The van der Waals surface area contributed by atoms with Crippen LogP contribution in [0.4, 0.5) is 0 Å². The zero-order chi connectivity index (χ0) is 8.10. The molecular weight excluding hydrogens is 132 g/mol. The summed E-state index contributed by atoms with van der Waals surface area (Å²) in [6, 6.07) is 0. The summed E-state index contributed by atoms with van der Waals surface area (Å²) < 4.78 is 0. The first-order chi connectivity index (χ1) is 5.29. The topological polar surface area (TPSA) is 0 Å². The molecule has 0 atom stereocenters. The third kappa shape index (κ3) is 3.79. The number of unbranched alkanes of at least 4 members (excludes halogenated alkanes) is 1. The molecule has 0 unspecified atom stereocenters. The average Bonchev–Trinajstić information content (AvgIpc) is 1.82. The summed E-state index contributed by atoms with van der Waals surface area (Å²) in [5, 5.41) is 0. The maximum atomic E-state index is 2.32. The maximum absolute atomic E-state index is 2.32. The van der Waals surface area contributed by atoms with Crippen molar-refractivity contribution in [2.75, 3.05) is 0 Å². The van der Waals surface area contributed by atoms with Crippen LogP contribution in [0.25, 0.3) is 0 Å². The van der Waals surface area contributed by atoms with Crippen molar-refractivity contribution in [3.63, 3.8) is 0 Å². The molecule has 1 fully saturated rings. The fourth-order valence-electron chi connectivity index (χ4n) is 1.60. The lowest BCUT2D eigenvalue weighted by molar-refractivity contribution is 0.466. The summed E-state index contributed by atoms with van der Waals surface area (Å²) in [7, 11) is 0. The summed E-state index contributed by atoms with van der Waals surface area (Å²) in [6.07, 6.45) is 10.1. The Kier molecular flexibility index (Phi) is 3.96. The first-order valence-corrected chi connectivity index (χ1v) is 5.12. The van der Waals surface area contributed by atoms with Gasteiger partial charge >= 0.3 is 0 Å². The number of rotatable bonds is 5. The van der Waals surface area contributed by atoms with Gasteiger partial charge in [-0.15, -0.1) is 0 Å². The van der Waals surface area contributed by atoms with Crippen LogP contribution in [0.3, 0.4) is 0 Å². The quantitative estimate of drug-likeness (QED) is 0.524. The van der Waals surface area contributed by atoms with E-state index in [1.165, 1.54) is 44.9 Å². The zero-order valence-electron chi connectivity index (χ0n) is 8.03. The summed E-state index contributed by atoms with van der Waals surface area (Å²) in [5.74, 6) is 2.75. The van der Waals surface area contributed by atoms with Crippen LogP contribution >= 0.6 is 0 Å². The molecule has 0 aromatic carbocycles. The van der Waals surface area contributed by atoms with Crippen LogP contribution < -0.4 is 0 Å². The third-order valence-electron chi connectivity index (χ3n) is 2.62. The predicted molar refractivity (Wildman–Crippen MR) is 50.4 cm³/mol. The van der Waals surface area contributed by atoms with Crippen molar-refractivity contribution in [2.45, 2.75) is 58.8 Å². The van der Waals surface area contributed by atoms with Crippen molar-refractivity contribution in [3.8, 4) is 0 Å². The van der Waals surface area contributed by atoms with Crippen molar-refractivity contribution >= 4 is 0 Å². The SMILES string of the molecule is CC(C)CCCC[C]1CCC1. The molecule has 0 aromatic heterocycles. The van der Waals surface area contributed by atoms with Gasteiger partial charge in [-0.25, -0.2) is 0 Å². The minimum atomic E-state index is 0.904. The van der Waals surface area contributed by atoms with Crippen molar-refractivity contribution in [3.05, 3.63) is 5.92 Å². The Morgan fingerprint density at radius 1 is 1.18 bits per heavy atom. The van der Waals surface area contributed by atoms with E-state index >= 15 is 0 Å². The molecule has 11 heavy (non-hydrogen) atoms. The predicted octanol–water partition coefficient (Wildman–Crippen LogP) is 3.96. The molecule has 0 spiro atoms. The second-order valence-electron chi connectivity index (χ2n) is 4.24. The van der Waals surface area contributed by atoms with Crippen molar-refractivity contribution in [1.82, 2.24) is 0 Å². The van der Waals surface area contributed by atoms with Crippen molar-refractivity contribution in [2.24, 2.45) is 5.92 Å². The first kappa shape index (κ1) is 9.09. The van der Waals surface area contributed by atoms with E-state index in [1.54, 1.807) is 0 Å². The molecule has 0 aromatic rings. The van der Waals surface area contributed by atoms with Crippen LogP contribution in [0.1, 0.15) is 58.8 Å². The highest BCUT2D eigenvalue weighted by Gasteiger charge is 2.16. The van der Waals surface area contributed by atoms with E-state index < -0.39 is 0 Å². The molecule has 1 rings (SSSR count). The summed E-state index contributed by atoms with van der Waals surface area (Å²) in [4.78, 5) is 0. The molecular formula is C11H21. The zero-order valence-corrected chi connectivity index (χ0v) is 8.03. The lowest BCUT2D eigenvalue weighted by Gasteiger charge is -2.24. The second kappa shape index (κ2) is 4.79. The molecule has 1 aliphatic rings. The minimum absolute atomic E-state index is 0.904. The fraction of sp³-hybridized carbons (Fsp3) is 0.909. The Labute approximate surface area is 71.4 Å². The van der Waals surface area contributed by atoms with Crippen molar-refractivity contribution in [1.29, 1.82) is 0 Å². The number of hydrogen-bond acceptors (Lipinski definition) is 0. The molecule has 0 nitrogen and oxygen atoms in total. The van der Waals surface area contributed by atoms with Crippen LogP contribution in [0.5, 0.6) is 0 Å². The van der Waals surface area contributed by atoms with Gasteiger partial charge in [0, 0.05) is 0 Å². The van der Waals surface area contributed by atoms with Gasteiger partial charge in [-0.1, -0.05) is 39.5 Å². The van der Waals surface area contributed by atoms with E-state index in [4.69, 9.17) is 0 Å². The van der Waals surface area contributed by atoms with E-state index in [-0.39, 0.29) is 0 Å². The highest BCUT2D eigenvalue weighted by molar-refractivity contribution is 4.97. The lowest BCUT2D eigenvalue weighted by Crippen LogP contribution is -2.07. The van der Waals surface area contributed by atoms with Gasteiger partial charge in [-0.05, 0) is 31.1 Å². The third-order valence-corrected chi connectivity index (χ3v) is 2.62. The molecule has 1 radical (unpaired) electrons. The van der Waals surface area contributed by atoms with Gasteiger partial charge in [-0.3, -0.25) is 0 Å². The van der Waals surface area contributed by atoms with Gasteiger partial charge < -0.3 is 0 Å². The minimum Gasteiger partial charge on any atom is -0.0628 e. The van der Waals surface area contributed by atoms with E-state index in [9.17, 15) is 0 Å². The van der Waals surface area contributed by atoms with Crippen LogP contribution in [0, 0.1) is 11.8 Å². The lowest BCUT2D eigenvalue weighted by atomic mass is 9.81. The van der Waals surface area contributed by atoms with Gasteiger partial charge in [0.2, 0.25) is 0 Å². The summed E-state index contributed by atoms with van der Waals surface area (Å²) >= 11 is 0. The van der Waals surface area contributed by atoms with Gasteiger partial charge in [0.15, 0.2) is 0 Å². The highest BCUT2D eigenvalue weighted by Crippen LogP contribution is 2.33. The average molecular weight is 153 g/mol. The molecule has 1 saturated carbocycles. The van der Waals surface area contributed by atoms with E-state index in [2.05, 4.69) is 13.8 Å². The first-order valence-electron chi connectivity index (χ1n) is 5.12. The Balaban J connectivity index is 1.80. The summed E-state index contributed by atoms with van der Waals surface area (Å²) in [6.45, 7) is 4.63. The largest absolute Gasteiger partial charge is 0.0628 e. The Morgan fingerprint density at radius 3 is 2.36 bits per heavy atom. The Bertz CT molecular complexity index is 90.2. The molecule has 0 N–H and O–H groups in total. The smallest absolute Gasteiger partial charge is 0.0241 e. The Hall–Kier alpha value is 0. The van der Waals surface area contributed by atoms with Gasteiger partial charge in [-0.2, -0.15) is 0 Å². The van der Waals surface area contributed by atoms with Gasteiger partial charge in [0.05, 0.1) is 0 Å². The molecule has 0 heteroatoms. The second-order valence-corrected chi connectivity index (χ2v) is 4.24. The van der Waals surface area contributed by atoms with Crippen LogP contribution in [-0.2, 0) is 0 Å². The molecule has 0 saturated heterocycles. The van der Waals surface area contributed by atoms with E-state index in [1.807, 2.05) is 5.92 Å². The van der Waals surface area contributed by atoms with E-state index in [0.717, 1.165) is 5.92 Å². The highest BCUT2D eigenvalue weighted by atomic mass is 14.2. The fourth-order valence-corrected chi connectivity index (χ4v) is 1.60. The van der Waals surface area contributed by atoms with Crippen LogP contribution in [0.2, 0.25) is 0 Å². The van der Waals surface area contributed by atoms with Gasteiger partial charge in [0.1, 0.15) is 0 Å². The number of hydrogen-bond donors (Lipinski definition) is 0. The standard InChI is InChI=1S/C11H21/c1-10(2)6-3-4-7-11-8-5-9-11/h10H,3-9H2,1-2H3. The van der Waals surface area contributed by atoms with Crippen LogP contribution in [0.15, 0.2) is 0 Å².